The van der Waals surface area contributed by atoms with Crippen LogP contribution in [0.15, 0.2) is 53.6 Å². The number of nitrogens with one attached hydrogen (secondary N) is 1. The van der Waals surface area contributed by atoms with Crippen LogP contribution < -0.4 is 20.1 Å². The van der Waals surface area contributed by atoms with Gasteiger partial charge < -0.3 is 15.4 Å². The number of amides is 1. The molecule has 210 valence electrons. The number of nitrogen functional groups attached to an aromatic ring is 1. The first kappa shape index (κ1) is 28.8. The lowest BCUT2D eigenvalue weighted by Crippen LogP contribution is -2.40. The molecule has 9 nitrogen and oxygen atoms in total. The van der Waals surface area contributed by atoms with Crippen LogP contribution in [-0.4, -0.2) is 43.0 Å². The number of rotatable bonds is 10. The number of nitrogens with two attached hydrogens (primary N) is 1. The van der Waals surface area contributed by atoms with Gasteiger partial charge in [-0.1, -0.05) is 19.9 Å². The van der Waals surface area contributed by atoms with Crippen LogP contribution in [0.2, 0.25) is 0 Å². The van der Waals surface area contributed by atoms with Crippen LogP contribution in [0.25, 0.3) is 11.3 Å². The molecule has 0 radical (unpaired) electrons. The lowest BCUT2D eigenvalue weighted by Gasteiger charge is -2.33. The minimum atomic E-state index is -4.30. The van der Waals surface area contributed by atoms with Gasteiger partial charge in [0.05, 0.1) is 17.9 Å². The molecule has 3 aromatic rings. The van der Waals surface area contributed by atoms with Crippen LogP contribution in [0.1, 0.15) is 56.2 Å². The van der Waals surface area contributed by atoms with Gasteiger partial charge >= 0.3 is 0 Å². The molecular weight excluding hydrogens is 509 g/mol. The molecular formula is C27H40FN5O4S. The van der Waals surface area contributed by atoms with Crippen molar-refractivity contribution in [3.8, 4) is 17.0 Å². The van der Waals surface area contributed by atoms with E-state index in [0.29, 0.717) is 23.6 Å². The second-order valence-electron chi connectivity index (χ2n) is 9.88. The van der Waals surface area contributed by atoms with Crippen molar-refractivity contribution in [1.29, 1.82) is 0 Å². The Morgan fingerprint density at radius 2 is 1.74 bits per heavy atom. The number of carbonyl (C=O) groups is 1. The predicted octanol–water partition coefficient (Wildman–Crippen LogP) is 5.38. The topological polar surface area (TPSA) is 128 Å². The highest BCUT2D eigenvalue weighted by molar-refractivity contribution is 7.90. The summed E-state index contributed by atoms with van der Waals surface area (Å²) >= 11 is 0. The Labute approximate surface area is 227 Å². The van der Waals surface area contributed by atoms with Gasteiger partial charge in [0.1, 0.15) is 23.2 Å². The zero-order valence-corrected chi connectivity index (χ0v) is 23.2. The monoisotopic (exact) mass is 549 g/mol. The van der Waals surface area contributed by atoms with Gasteiger partial charge in [-0.15, -0.1) is 0 Å². The zero-order valence-electron chi connectivity index (χ0n) is 22.4. The van der Waals surface area contributed by atoms with Gasteiger partial charge in [-0.05, 0) is 70.0 Å². The number of hydrogen-bond acceptors (Lipinski definition) is 8. The normalized spacial score (nSPS) is 11.7. The fourth-order valence-corrected chi connectivity index (χ4v) is 4.88. The third-order valence-corrected chi connectivity index (χ3v) is 6.71. The quantitative estimate of drug-likeness (QED) is 0.345. The van der Waals surface area contributed by atoms with Crippen LogP contribution >= 0.6 is 0 Å². The van der Waals surface area contributed by atoms with Gasteiger partial charge in [-0.3, -0.25) is 4.79 Å². The minimum Gasteiger partial charge on any atom is -0.493 e. The van der Waals surface area contributed by atoms with Gasteiger partial charge in [0.2, 0.25) is 0 Å². The van der Waals surface area contributed by atoms with Crippen LogP contribution in [0.4, 0.5) is 16.0 Å². The number of aromatic nitrogens is 2. The summed E-state index contributed by atoms with van der Waals surface area (Å²) in [5.74, 6) is -0.483. The van der Waals surface area contributed by atoms with Gasteiger partial charge in [-0.2, -0.15) is 8.42 Å². The van der Waals surface area contributed by atoms with Gasteiger partial charge in [0.15, 0.2) is 5.03 Å². The van der Waals surface area contributed by atoms with E-state index in [1.54, 1.807) is 12.1 Å². The SMILES string of the molecule is CC(C)COc1cc(F)cc(-c2ccc(C(=O)NS(=O)(=O)c3cccc(N)n3)c(N(C(C)C)C(C)C)n2)c1.[HH].[HH].[HH]. The van der Waals surface area contributed by atoms with Crippen LogP contribution in [0, 0.1) is 11.7 Å². The van der Waals surface area contributed by atoms with Crippen LogP contribution in [-0.2, 0) is 10.0 Å². The molecule has 3 N–H and O–H groups in total. The summed E-state index contributed by atoms with van der Waals surface area (Å²) < 4.78 is 47.9. The summed E-state index contributed by atoms with van der Waals surface area (Å²) in [5.41, 5.74) is 6.51. The van der Waals surface area contributed by atoms with E-state index in [0.717, 1.165) is 0 Å². The Kier molecular flexibility index (Phi) is 8.93. The average molecular weight is 550 g/mol. The van der Waals surface area contributed by atoms with Gasteiger partial charge in [0.25, 0.3) is 15.9 Å². The second-order valence-corrected chi connectivity index (χ2v) is 11.5. The standard InChI is InChI=1S/C27H34FN5O4S.3H2/c1-16(2)15-37-21-13-19(12-20(28)14-21)23-11-10-22(26(30-23)33(17(3)4)18(5)6)27(34)32-38(35,36)25-9-7-8-24(29)31-25;;;/h7-14,16-18H,15H2,1-6H3,(H2,29,31)(H,32,34);3*1H. The molecule has 0 spiro atoms. The second kappa shape index (κ2) is 11.8. The van der Waals surface area contributed by atoms with E-state index in [-0.39, 0.29) is 44.5 Å². The Balaban J connectivity index is 0.00000533. The highest BCUT2D eigenvalue weighted by Crippen LogP contribution is 2.30. The third kappa shape index (κ3) is 6.97. The summed E-state index contributed by atoms with van der Waals surface area (Å²) in [6, 6.07) is 11.3. The van der Waals surface area contributed by atoms with Crippen molar-refractivity contribution in [3.63, 3.8) is 0 Å². The fraction of sp³-hybridized carbons (Fsp3) is 0.370. The van der Waals surface area contributed by atoms with Gasteiger partial charge in [-0.25, -0.2) is 19.1 Å². The van der Waals surface area contributed by atoms with Crippen LogP contribution in [0.5, 0.6) is 5.75 Å². The van der Waals surface area contributed by atoms with Crippen molar-refractivity contribution < 1.29 is 26.6 Å². The molecule has 0 atom stereocenters. The maximum atomic E-state index is 14.5. The Morgan fingerprint density at radius 3 is 2.34 bits per heavy atom. The maximum Gasteiger partial charge on any atom is 0.281 e. The average Bonchev–Trinajstić information content (AvgIpc) is 2.81. The van der Waals surface area contributed by atoms with Crippen molar-refractivity contribution >= 4 is 27.6 Å². The summed E-state index contributed by atoms with van der Waals surface area (Å²) in [5, 5.41) is -0.379. The summed E-state index contributed by atoms with van der Waals surface area (Å²) in [4.78, 5) is 23.7. The summed E-state index contributed by atoms with van der Waals surface area (Å²) in [6.07, 6.45) is 0. The summed E-state index contributed by atoms with van der Waals surface area (Å²) in [7, 11) is -4.30. The van der Waals surface area contributed by atoms with Crippen molar-refractivity contribution in [2.24, 2.45) is 5.92 Å². The Bertz CT molecular complexity index is 1420. The Hall–Kier alpha value is -3.73. The molecule has 0 fully saturated rings. The number of benzene rings is 1. The molecule has 2 aromatic heterocycles. The number of carbonyl (C=O) groups excluding carboxylic acids is 1. The van der Waals surface area contributed by atoms with E-state index in [9.17, 15) is 17.6 Å². The summed E-state index contributed by atoms with van der Waals surface area (Å²) in [6.45, 7) is 12.1. The number of hydrogen-bond donors (Lipinski definition) is 2. The van der Waals surface area contributed by atoms with E-state index < -0.39 is 21.7 Å². The van der Waals surface area contributed by atoms with E-state index in [2.05, 4.69) is 9.71 Å². The molecule has 0 saturated carbocycles. The lowest BCUT2D eigenvalue weighted by atomic mass is 10.1. The first-order chi connectivity index (χ1) is 17.8. The first-order valence-corrected chi connectivity index (χ1v) is 13.8. The molecule has 1 amide bonds. The molecule has 1 aromatic carbocycles. The molecule has 0 aliphatic carbocycles. The van der Waals surface area contributed by atoms with E-state index in [4.69, 9.17) is 15.5 Å². The van der Waals surface area contributed by atoms with Crippen molar-refractivity contribution in [1.82, 2.24) is 14.7 Å². The van der Waals surface area contributed by atoms with Crippen molar-refractivity contribution in [2.75, 3.05) is 17.2 Å². The largest absolute Gasteiger partial charge is 0.493 e. The number of anilines is 2. The molecule has 0 saturated heterocycles. The fourth-order valence-electron chi connectivity index (χ4n) is 3.94. The van der Waals surface area contributed by atoms with E-state index in [1.807, 2.05) is 46.4 Å². The first-order valence-electron chi connectivity index (χ1n) is 12.3. The highest BCUT2D eigenvalue weighted by atomic mass is 32.2. The van der Waals surface area contributed by atoms with Crippen LogP contribution in [0.3, 0.4) is 0 Å². The van der Waals surface area contributed by atoms with E-state index in [1.165, 1.54) is 36.4 Å². The maximum absolute atomic E-state index is 14.5. The molecule has 0 bridgehead atoms. The zero-order chi connectivity index (χ0) is 28.2. The van der Waals surface area contributed by atoms with Crippen molar-refractivity contribution in [2.45, 2.75) is 58.7 Å². The third-order valence-electron chi connectivity index (χ3n) is 5.47. The van der Waals surface area contributed by atoms with Gasteiger partial charge in [0, 0.05) is 28.0 Å². The molecule has 0 aliphatic heterocycles. The minimum absolute atomic E-state index is 0. The number of sulfonamides is 1. The Morgan fingerprint density at radius 1 is 1.05 bits per heavy atom. The number of ether oxygens (including phenoxy) is 1. The molecule has 3 rings (SSSR count). The van der Waals surface area contributed by atoms with Crippen molar-refractivity contribution in [3.05, 3.63) is 59.9 Å². The number of pyridine rings is 2. The smallest absolute Gasteiger partial charge is 0.281 e. The predicted molar refractivity (Wildman–Crippen MR) is 152 cm³/mol. The molecule has 2 heterocycles. The molecule has 11 heteroatoms. The lowest BCUT2D eigenvalue weighted by molar-refractivity contribution is 0.0981. The molecule has 38 heavy (non-hydrogen) atoms. The molecule has 0 aliphatic rings. The number of halogens is 1. The number of nitrogens with zero attached hydrogens (tertiary/aromatic N) is 3. The molecule has 0 unspecified atom stereocenters. The van der Waals surface area contributed by atoms with E-state index >= 15 is 0 Å². The highest BCUT2D eigenvalue weighted by Gasteiger charge is 2.27.